The smallest absolute Gasteiger partial charge is 0.0130 e. The minimum Gasteiger partial charge on any atom is -0.0761 e. The molecule has 0 bridgehead atoms. The maximum Gasteiger partial charge on any atom is 0.0130 e. The van der Waals surface area contributed by atoms with Crippen LogP contribution in [0.1, 0.15) is 43.2 Å². The highest BCUT2D eigenvalue weighted by Crippen LogP contribution is 2.49. The van der Waals surface area contributed by atoms with Crippen molar-refractivity contribution in [2.45, 2.75) is 32.1 Å². The number of benzene rings is 2. The Bertz CT molecular complexity index is 1260. The maximum atomic E-state index is 2.51. The van der Waals surface area contributed by atoms with Crippen LogP contribution in [0, 0.1) is 11.8 Å². The van der Waals surface area contributed by atoms with Crippen molar-refractivity contribution in [3.63, 3.8) is 0 Å². The molecule has 0 nitrogen and oxygen atoms in total. The van der Waals surface area contributed by atoms with Crippen LogP contribution in [0.3, 0.4) is 0 Å². The van der Waals surface area contributed by atoms with Crippen LogP contribution in [0.15, 0.2) is 155 Å². The van der Waals surface area contributed by atoms with Gasteiger partial charge in [-0.1, -0.05) is 133 Å². The van der Waals surface area contributed by atoms with Crippen LogP contribution in [0.2, 0.25) is 0 Å². The third-order valence-corrected chi connectivity index (χ3v) is 8.13. The summed E-state index contributed by atoms with van der Waals surface area (Å²) in [5.41, 5.74) is 11.6. The zero-order valence-corrected chi connectivity index (χ0v) is 20.6. The summed E-state index contributed by atoms with van der Waals surface area (Å²) >= 11 is 0. The van der Waals surface area contributed by atoms with E-state index >= 15 is 0 Å². The molecule has 0 fully saturated rings. The van der Waals surface area contributed by atoms with Crippen molar-refractivity contribution in [3.8, 4) is 0 Å². The Morgan fingerprint density at radius 2 is 0.943 bits per heavy atom. The second kappa shape index (κ2) is 9.19. The van der Waals surface area contributed by atoms with Crippen LogP contribution in [0.25, 0.3) is 0 Å². The molecule has 4 unspecified atom stereocenters. The predicted octanol–water partition coefficient (Wildman–Crippen LogP) is 8.94. The molecule has 0 amide bonds. The van der Waals surface area contributed by atoms with Crippen LogP contribution in [-0.2, 0) is 0 Å². The largest absolute Gasteiger partial charge is 0.0761 e. The molecule has 4 aliphatic carbocycles. The first kappa shape index (κ1) is 21.9. The molecule has 0 aliphatic heterocycles. The van der Waals surface area contributed by atoms with E-state index in [-0.39, 0.29) is 0 Å². The summed E-state index contributed by atoms with van der Waals surface area (Å²) in [6.45, 7) is 4.62. The zero-order chi connectivity index (χ0) is 23.8. The molecule has 0 radical (unpaired) electrons. The summed E-state index contributed by atoms with van der Waals surface area (Å²) in [6, 6.07) is 21.9. The van der Waals surface area contributed by atoms with Gasteiger partial charge < -0.3 is 0 Å². The van der Waals surface area contributed by atoms with E-state index in [0.29, 0.717) is 23.7 Å². The quantitative estimate of drug-likeness (QED) is 0.434. The molecule has 35 heavy (non-hydrogen) atoms. The number of rotatable bonds is 4. The van der Waals surface area contributed by atoms with Crippen molar-refractivity contribution in [3.05, 3.63) is 166 Å². The number of hydrogen-bond acceptors (Lipinski definition) is 0. The van der Waals surface area contributed by atoms with E-state index in [2.05, 4.69) is 135 Å². The van der Waals surface area contributed by atoms with Crippen molar-refractivity contribution in [1.29, 1.82) is 0 Å². The second-order valence-corrected chi connectivity index (χ2v) is 10.2. The molecule has 2 aromatic carbocycles. The van der Waals surface area contributed by atoms with Crippen molar-refractivity contribution in [2.75, 3.05) is 0 Å². The third-order valence-electron chi connectivity index (χ3n) is 8.13. The lowest BCUT2D eigenvalue weighted by atomic mass is 9.81. The minimum atomic E-state index is 0.378. The lowest BCUT2D eigenvalue weighted by Crippen LogP contribution is -2.09. The first-order chi connectivity index (χ1) is 17.2. The average Bonchev–Trinajstić information content (AvgIpc) is 3.15. The lowest BCUT2D eigenvalue weighted by molar-refractivity contribution is 0.688. The van der Waals surface area contributed by atoms with E-state index in [1.807, 2.05) is 0 Å². The van der Waals surface area contributed by atoms with Crippen LogP contribution >= 0.6 is 0 Å². The Hall–Kier alpha value is -3.64. The Morgan fingerprint density at radius 1 is 0.514 bits per heavy atom. The highest BCUT2D eigenvalue weighted by Gasteiger charge is 2.34. The first-order valence-electron chi connectivity index (χ1n) is 12.8. The molecule has 2 aromatic rings. The fraction of sp³-hybridized carbons (Fsp3) is 0.200. The molecule has 0 saturated heterocycles. The van der Waals surface area contributed by atoms with E-state index in [0.717, 1.165) is 6.42 Å². The van der Waals surface area contributed by atoms with Gasteiger partial charge in [-0.2, -0.15) is 0 Å². The molecule has 0 heteroatoms. The monoisotopic (exact) mass is 452 g/mol. The van der Waals surface area contributed by atoms with Gasteiger partial charge in [-0.3, -0.25) is 0 Å². The average molecular weight is 453 g/mol. The summed E-state index contributed by atoms with van der Waals surface area (Å²) in [7, 11) is 0. The summed E-state index contributed by atoms with van der Waals surface area (Å²) in [4.78, 5) is 0. The van der Waals surface area contributed by atoms with Crippen LogP contribution in [-0.4, -0.2) is 0 Å². The predicted molar refractivity (Wildman–Crippen MR) is 148 cm³/mol. The summed E-state index contributed by atoms with van der Waals surface area (Å²) in [5.74, 6) is 1.56. The standard InChI is InChI=1S/C35H32/c1-24-21-34-28(26-13-5-3-6-14-26)17-9-11-19-30(34)32(24)23-33-25(2)22-35-29(18-10-12-20-31(33)35)27-15-7-4-8-16-27/h3-22,28-29,34-35H,23H2,1-2H3. The Kier molecular flexibility index (Phi) is 5.74. The van der Waals surface area contributed by atoms with Crippen molar-refractivity contribution < 1.29 is 0 Å². The van der Waals surface area contributed by atoms with Gasteiger partial charge in [0.15, 0.2) is 0 Å². The van der Waals surface area contributed by atoms with Gasteiger partial charge in [0, 0.05) is 23.7 Å². The normalized spacial score (nSPS) is 26.9. The molecule has 0 spiro atoms. The fourth-order valence-corrected chi connectivity index (χ4v) is 6.37. The van der Waals surface area contributed by atoms with Gasteiger partial charge in [-0.25, -0.2) is 0 Å². The Labute approximate surface area is 209 Å². The van der Waals surface area contributed by atoms with Gasteiger partial charge >= 0.3 is 0 Å². The van der Waals surface area contributed by atoms with Gasteiger partial charge in [0.05, 0.1) is 0 Å². The summed E-state index contributed by atoms with van der Waals surface area (Å²) in [6.07, 6.45) is 24.4. The molecule has 4 aliphatic rings. The van der Waals surface area contributed by atoms with Gasteiger partial charge in [0.1, 0.15) is 0 Å². The molecule has 0 aromatic heterocycles. The van der Waals surface area contributed by atoms with Gasteiger partial charge in [0.2, 0.25) is 0 Å². The fourth-order valence-electron chi connectivity index (χ4n) is 6.37. The zero-order valence-electron chi connectivity index (χ0n) is 20.6. The second-order valence-electron chi connectivity index (χ2n) is 10.2. The Balaban J connectivity index is 1.38. The van der Waals surface area contributed by atoms with Crippen molar-refractivity contribution in [1.82, 2.24) is 0 Å². The topological polar surface area (TPSA) is 0 Å². The molecular formula is C35H32. The molecule has 0 N–H and O–H groups in total. The van der Waals surface area contributed by atoms with E-state index in [1.54, 1.807) is 0 Å². The van der Waals surface area contributed by atoms with E-state index in [4.69, 9.17) is 0 Å². The summed E-state index contributed by atoms with van der Waals surface area (Å²) in [5, 5.41) is 0. The summed E-state index contributed by atoms with van der Waals surface area (Å²) < 4.78 is 0. The number of fused-ring (bicyclic) bond motifs is 2. The van der Waals surface area contributed by atoms with Gasteiger partial charge in [-0.05, 0) is 53.7 Å². The Morgan fingerprint density at radius 3 is 1.37 bits per heavy atom. The third kappa shape index (κ3) is 3.98. The molecule has 172 valence electrons. The minimum absolute atomic E-state index is 0.378. The molecule has 4 atom stereocenters. The van der Waals surface area contributed by atoms with Crippen LogP contribution in [0.5, 0.6) is 0 Å². The van der Waals surface area contributed by atoms with Crippen molar-refractivity contribution >= 4 is 0 Å². The highest BCUT2D eigenvalue weighted by atomic mass is 14.4. The van der Waals surface area contributed by atoms with Gasteiger partial charge in [-0.15, -0.1) is 0 Å². The number of allylic oxidation sites excluding steroid dienone is 16. The molecule has 0 heterocycles. The van der Waals surface area contributed by atoms with Crippen LogP contribution in [0.4, 0.5) is 0 Å². The van der Waals surface area contributed by atoms with Gasteiger partial charge in [0.25, 0.3) is 0 Å². The van der Waals surface area contributed by atoms with Crippen molar-refractivity contribution in [2.24, 2.45) is 11.8 Å². The van der Waals surface area contributed by atoms with E-state index in [1.165, 1.54) is 44.6 Å². The van der Waals surface area contributed by atoms with E-state index in [9.17, 15) is 0 Å². The van der Waals surface area contributed by atoms with Crippen LogP contribution < -0.4 is 0 Å². The SMILES string of the molecule is CC1=CC2C(=C1CC1=C3C=CC=CC(c4ccccc4)C3C=C1C)C=CC=CC2c1ccccc1. The molecule has 0 saturated carbocycles. The maximum absolute atomic E-state index is 2.51. The highest BCUT2D eigenvalue weighted by molar-refractivity contribution is 5.60. The lowest BCUT2D eigenvalue weighted by Gasteiger charge is -2.22. The molecular weight excluding hydrogens is 420 g/mol. The van der Waals surface area contributed by atoms with E-state index < -0.39 is 0 Å². The first-order valence-corrected chi connectivity index (χ1v) is 12.8. The number of hydrogen-bond donors (Lipinski definition) is 0. The molecule has 6 rings (SSSR count).